The molecule has 1 aliphatic rings. The summed E-state index contributed by atoms with van der Waals surface area (Å²) in [5.41, 5.74) is 9.64. The molecule has 0 bridgehead atoms. The van der Waals surface area contributed by atoms with Crippen LogP contribution in [0.4, 0.5) is 5.69 Å². The molecule has 3 nitrogen and oxygen atoms in total. The number of benzene rings is 1. The molecule has 0 saturated heterocycles. The minimum atomic E-state index is -0.248. The minimum Gasteiger partial charge on any atom is -0.394 e. The van der Waals surface area contributed by atoms with Gasteiger partial charge in [-0.3, -0.25) is 0 Å². The van der Waals surface area contributed by atoms with Crippen molar-refractivity contribution in [1.29, 1.82) is 0 Å². The van der Waals surface area contributed by atoms with Crippen molar-refractivity contribution in [3.63, 3.8) is 0 Å². The van der Waals surface area contributed by atoms with Crippen LogP contribution < -0.4 is 10.6 Å². The molecule has 1 heterocycles. The fraction of sp³-hybridized carbons (Fsp3) is 0.571. The summed E-state index contributed by atoms with van der Waals surface area (Å²) >= 11 is 0. The molecule has 0 unspecified atom stereocenters. The zero-order valence-corrected chi connectivity index (χ0v) is 10.5. The largest absolute Gasteiger partial charge is 0.394 e. The first-order valence-corrected chi connectivity index (χ1v) is 6.50. The Bertz CT molecular complexity index is 378. The Morgan fingerprint density at radius 3 is 3.00 bits per heavy atom. The van der Waals surface area contributed by atoms with Crippen molar-refractivity contribution in [2.24, 2.45) is 5.73 Å². The van der Waals surface area contributed by atoms with Gasteiger partial charge in [0.05, 0.1) is 12.6 Å². The highest BCUT2D eigenvalue weighted by atomic mass is 16.3. The summed E-state index contributed by atoms with van der Waals surface area (Å²) in [6.45, 7) is 4.51. The van der Waals surface area contributed by atoms with Crippen LogP contribution in [0.25, 0.3) is 0 Å². The summed E-state index contributed by atoms with van der Waals surface area (Å²) in [4.78, 5) is 2.45. The van der Waals surface area contributed by atoms with E-state index >= 15 is 0 Å². The molecule has 94 valence electrons. The Kier molecular flexibility index (Phi) is 4.02. The molecule has 0 spiro atoms. The average Bonchev–Trinajstić information content (AvgIpc) is 2.38. The number of fused-ring (bicyclic) bond motifs is 1. The normalized spacial score (nSPS) is 16.8. The number of aliphatic hydroxyl groups is 1. The molecule has 1 atom stereocenters. The third kappa shape index (κ3) is 2.61. The van der Waals surface area contributed by atoms with E-state index in [-0.39, 0.29) is 12.6 Å². The molecule has 0 aromatic heterocycles. The van der Waals surface area contributed by atoms with Crippen LogP contribution in [0.5, 0.6) is 0 Å². The highest BCUT2D eigenvalue weighted by molar-refractivity contribution is 5.57. The molecule has 1 aromatic carbocycles. The SMILES string of the molecule is CCCN1CCCc2cc([C@@H](N)CO)ccc21. The third-order valence-electron chi connectivity index (χ3n) is 3.44. The number of anilines is 1. The monoisotopic (exact) mass is 234 g/mol. The van der Waals surface area contributed by atoms with Gasteiger partial charge in [0.25, 0.3) is 0 Å². The number of aryl methyl sites for hydroxylation is 1. The second kappa shape index (κ2) is 5.52. The van der Waals surface area contributed by atoms with Crippen LogP contribution in [0.3, 0.4) is 0 Å². The van der Waals surface area contributed by atoms with Crippen LogP contribution in [0.2, 0.25) is 0 Å². The van der Waals surface area contributed by atoms with Gasteiger partial charge in [-0.25, -0.2) is 0 Å². The Morgan fingerprint density at radius 1 is 1.47 bits per heavy atom. The number of hydrogen-bond donors (Lipinski definition) is 2. The van der Waals surface area contributed by atoms with Gasteiger partial charge in [-0.05, 0) is 36.5 Å². The fourth-order valence-corrected chi connectivity index (χ4v) is 2.53. The van der Waals surface area contributed by atoms with Gasteiger partial charge in [0, 0.05) is 18.8 Å². The first-order valence-electron chi connectivity index (χ1n) is 6.50. The molecule has 17 heavy (non-hydrogen) atoms. The Labute approximate surface area is 103 Å². The van der Waals surface area contributed by atoms with Crippen molar-refractivity contribution in [1.82, 2.24) is 0 Å². The number of hydrogen-bond acceptors (Lipinski definition) is 3. The lowest BCUT2D eigenvalue weighted by Gasteiger charge is -2.31. The lowest BCUT2D eigenvalue weighted by atomic mass is 9.96. The number of nitrogens with two attached hydrogens (primary N) is 1. The van der Waals surface area contributed by atoms with Crippen LogP contribution >= 0.6 is 0 Å². The van der Waals surface area contributed by atoms with E-state index in [0.29, 0.717) is 0 Å². The summed E-state index contributed by atoms with van der Waals surface area (Å²) < 4.78 is 0. The van der Waals surface area contributed by atoms with Crippen molar-refractivity contribution >= 4 is 5.69 Å². The van der Waals surface area contributed by atoms with Crippen LogP contribution in [-0.4, -0.2) is 24.8 Å². The van der Waals surface area contributed by atoms with E-state index in [2.05, 4.69) is 24.0 Å². The zero-order chi connectivity index (χ0) is 12.3. The first kappa shape index (κ1) is 12.4. The summed E-state index contributed by atoms with van der Waals surface area (Å²) in [7, 11) is 0. The number of nitrogens with zero attached hydrogens (tertiary/aromatic N) is 1. The molecular formula is C14H22N2O. The second-order valence-electron chi connectivity index (χ2n) is 4.77. The molecule has 3 heteroatoms. The van der Waals surface area contributed by atoms with Gasteiger partial charge < -0.3 is 15.7 Å². The van der Waals surface area contributed by atoms with Crippen molar-refractivity contribution in [3.8, 4) is 0 Å². The standard InChI is InChI=1S/C14H22N2O/c1-2-7-16-8-3-4-12-9-11(13(15)10-17)5-6-14(12)16/h5-6,9,13,17H,2-4,7-8,10,15H2,1H3/t13-/m0/s1. The van der Waals surface area contributed by atoms with Crippen LogP contribution in [-0.2, 0) is 6.42 Å². The molecule has 0 fully saturated rings. The lowest BCUT2D eigenvalue weighted by molar-refractivity contribution is 0.268. The minimum absolute atomic E-state index is 0.0114. The third-order valence-corrected chi connectivity index (χ3v) is 3.44. The maximum atomic E-state index is 9.09. The van der Waals surface area contributed by atoms with E-state index in [0.717, 1.165) is 25.1 Å². The van der Waals surface area contributed by atoms with Crippen LogP contribution in [0, 0.1) is 0 Å². The Morgan fingerprint density at radius 2 is 2.29 bits per heavy atom. The molecular weight excluding hydrogens is 212 g/mol. The first-order chi connectivity index (χ1) is 8.26. The van der Waals surface area contributed by atoms with E-state index in [1.165, 1.54) is 24.1 Å². The predicted molar refractivity (Wildman–Crippen MR) is 71.3 cm³/mol. The number of rotatable bonds is 4. The van der Waals surface area contributed by atoms with Crippen molar-refractivity contribution in [3.05, 3.63) is 29.3 Å². The van der Waals surface area contributed by atoms with Gasteiger partial charge in [-0.15, -0.1) is 0 Å². The lowest BCUT2D eigenvalue weighted by Crippen LogP contribution is -2.30. The summed E-state index contributed by atoms with van der Waals surface area (Å²) in [6, 6.07) is 6.13. The van der Waals surface area contributed by atoms with Gasteiger partial charge in [-0.1, -0.05) is 19.1 Å². The van der Waals surface area contributed by atoms with Crippen molar-refractivity contribution in [2.75, 3.05) is 24.6 Å². The molecule has 1 aliphatic heterocycles. The molecule has 1 aromatic rings. The second-order valence-corrected chi connectivity index (χ2v) is 4.77. The maximum Gasteiger partial charge on any atom is 0.0624 e. The van der Waals surface area contributed by atoms with Crippen molar-refractivity contribution in [2.45, 2.75) is 32.2 Å². The van der Waals surface area contributed by atoms with Gasteiger partial charge in [0.2, 0.25) is 0 Å². The van der Waals surface area contributed by atoms with E-state index in [4.69, 9.17) is 10.8 Å². The molecule has 0 radical (unpaired) electrons. The average molecular weight is 234 g/mol. The van der Waals surface area contributed by atoms with Gasteiger partial charge in [-0.2, -0.15) is 0 Å². The Balaban J connectivity index is 2.26. The van der Waals surface area contributed by atoms with Gasteiger partial charge >= 0.3 is 0 Å². The Hall–Kier alpha value is -1.06. The smallest absolute Gasteiger partial charge is 0.0624 e. The van der Waals surface area contributed by atoms with Crippen LogP contribution in [0.15, 0.2) is 18.2 Å². The van der Waals surface area contributed by atoms with E-state index in [1.54, 1.807) is 0 Å². The molecule has 0 aliphatic carbocycles. The van der Waals surface area contributed by atoms with E-state index in [1.807, 2.05) is 6.07 Å². The summed E-state index contributed by atoms with van der Waals surface area (Å²) in [5.74, 6) is 0. The molecule has 0 amide bonds. The number of aliphatic hydroxyl groups excluding tert-OH is 1. The van der Waals surface area contributed by atoms with Crippen LogP contribution in [0.1, 0.15) is 36.9 Å². The zero-order valence-electron chi connectivity index (χ0n) is 10.5. The summed E-state index contributed by atoms with van der Waals surface area (Å²) in [6.07, 6.45) is 3.52. The predicted octanol–water partition coefficient (Wildman–Crippen LogP) is 1.84. The topological polar surface area (TPSA) is 49.5 Å². The van der Waals surface area contributed by atoms with Gasteiger partial charge in [0.15, 0.2) is 0 Å². The highest BCUT2D eigenvalue weighted by Gasteiger charge is 2.17. The molecule has 3 N–H and O–H groups in total. The van der Waals surface area contributed by atoms with E-state index < -0.39 is 0 Å². The quantitative estimate of drug-likeness (QED) is 0.835. The maximum absolute atomic E-state index is 9.09. The molecule has 0 saturated carbocycles. The summed E-state index contributed by atoms with van der Waals surface area (Å²) in [5, 5.41) is 9.09. The fourth-order valence-electron chi connectivity index (χ4n) is 2.53. The van der Waals surface area contributed by atoms with Crippen molar-refractivity contribution < 1.29 is 5.11 Å². The van der Waals surface area contributed by atoms with Gasteiger partial charge in [0.1, 0.15) is 0 Å². The molecule has 2 rings (SSSR count). The highest BCUT2D eigenvalue weighted by Crippen LogP contribution is 2.29. The van der Waals surface area contributed by atoms with E-state index in [9.17, 15) is 0 Å².